The predicted molar refractivity (Wildman–Crippen MR) is 79.3 cm³/mol. The molecule has 19 heavy (non-hydrogen) atoms. The summed E-state index contributed by atoms with van der Waals surface area (Å²) in [4.78, 5) is 11.2. The molecule has 1 aromatic heterocycles. The molecule has 1 fully saturated rings. The van der Waals surface area contributed by atoms with E-state index in [1.54, 1.807) is 0 Å². The molecule has 0 bridgehead atoms. The van der Waals surface area contributed by atoms with Crippen LogP contribution in [0.5, 0.6) is 0 Å². The molecule has 0 spiro atoms. The topological polar surface area (TPSA) is 41.1 Å². The number of aryl methyl sites for hydroxylation is 1. The number of piperidine rings is 1. The molecule has 0 aromatic carbocycles. The van der Waals surface area contributed by atoms with E-state index in [-0.39, 0.29) is 0 Å². The molecule has 1 N–H and O–H groups in total. The first kappa shape index (κ1) is 14.3. The lowest BCUT2D eigenvalue weighted by Crippen LogP contribution is -2.45. The van der Waals surface area contributed by atoms with Crippen molar-refractivity contribution in [2.45, 2.75) is 46.1 Å². The average Bonchev–Trinajstić information content (AvgIpc) is 2.39. The summed E-state index contributed by atoms with van der Waals surface area (Å²) in [5.74, 6) is 1.48. The van der Waals surface area contributed by atoms with Gasteiger partial charge in [0.25, 0.3) is 0 Å². The van der Waals surface area contributed by atoms with Crippen LogP contribution in [0.4, 0.5) is 5.95 Å². The fourth-order valence-corrected chi connectivity index (χ4v) is 2.69. The lowest BCUT2D eigenvalue weighted by atomic mass is 10.0. The van der Waals surface area contributed by atoms with E-state index >= 15 is 0 Å². The van der Waals surface area contributed by atoms with Crippen LogP contribution in [0.2, 0.25) is 0 Å². The van der Waals surface area contributed by atoms with Crippen LogP contribution in [0, 0.1) is 12.8 Å². The van der Waals surface area contributed by atoms with Crippen molar-refractivity contribution in [3.8, 4) is 0 Å². The molecule has 0 amide bonds. The third-order valence-corrected chi connectivity index (χ3v) is 3.63. The van der Waals surface area contributed by atoms with Crippen LogP contribution in [0.15, 0.2) is 12.4 Å². The Morgan fingerprint density at radius 3 is 2.74 bits per heavy atom. The van der Waals surface area contributed by atoms with E-state index in [2.05, 4.69) is 34.0 Å². The van der Waals surface area contributed by atoms with Crippen LogP contribution < -0.4 is 5.32 Å². The zero-order valence-electron chi connectivity index (χ0n) is 12.4. The van der Waals surface area contributed by atoms with Crippen LogP contribution in [0.3, 0.4) is 0 Å². The molecule has 2 heterocycles. The quantitative estimate of drug-likeness (QED) is 0.886. The molecule has 1 atom stereocenters. The van der Waals surface area contributed by atoms with E-state index in [0.29, 0.717) is 6.04 Å². The minimum atomic E-state index is 0.626. The van der Waals surface area contributed by atoms with Gasteiger partial charge in [-0.3, -0.25) is 4.90 Å². The second-order valence-electron chi connectivity index (χ2n) is 6.00. The van der Waals surface area contributed by atoms with Gasteiger partial charge < -0.3 is 5.32 Å². The van der Waals surface area contributed by atoms with E-state index in [0.717, 1.165) is 24.0 Å². The van der Waals surface area contributed by atoms with Gasteiger partial charge >= 0.3 is 0 Å². The van der Waals surface area contributed by atoms with Gasteiger partial charge in [-0.1, -0.05) is 20.3 Å². The van der Waals surface area contributed by atoms with Crippen molar-refractivity contribution < 1.29 is 0 Å². The van der Waals surface area contributed by atoms with Gasteiger partial charge in [-0.05, 0) is 37.8 Å². The summed E-state index contributed by atoms with van der Waals surface area (Å²) in [5, 5.41) is 3.38. The van der Waals surface area contributed by atoms with Gasteiger partial charge in [-0.2, -0.15) is 0 Å². The maximum atomic E-state index is 4.31. The molecular weight excluding hydrogens is 236 g/mol. The highest BCUT2D eigenvalue weighted by molar-refractivity contribution is 5.24. The van der Waals surface area contributed by atoms with Gasteiger partial charge in [0.15, 0.2) is 0 Å². The second kappa shape index (κ2) is 6.85. The number of nitrogens with zero attached hydrogens (tertiary/aromatic N) is 3. The van der Waals surface area contributed by atoms with Gasteiger partial charge in [0.1, 0.15) is 0 Å². The molecule has 4 nitrogen and oxygen atoms in total. The number of anilines is 1. The van der Waals surface area contributed by atoms with Crippen LogP contribution in [-0.4, -0.2) is 40.5 Å². The van der Waals surface area contributed by atoms with Crippen LogP contribution >= 0.6 is 0 Å². The SMILES string of the molecule is Cc1cnc(NCC2CCCCN2CC(C)C)nc1. The zero-order chi connectivity index (χ0) is 13.7. The summed E-state index contributed by atoms with van der Waals surface area (Å²) >= 11 is 0. The lowest BCUT2D eigenvalue weighted by Gasteiger charge is -2.36. The second-order valence-corrected chi connectivity index (χ2v) is 6.00. The summed E-state index contributed by atoms with van der Waals surface area (Å²) in [5.41, 5.74) is 1.10. The molecule has 1 saturated heterocycles. The highest BCUT2D eigenvalue weighted by Crippen LogP contribution is 2.18. The van der Waals surface area contributed by atoms with E-state index in [1.165, 1.54) is 32.4 Å². The summed E-state index contributed by atoms with van der Waals surface area (Å²) in [7, 11) is 0. The van der Waals surface area contributed by atoms with Crippen molar-refractivity contribution in [1.29, 1.82) is 0 Å². The Bertz CT molecular complexity index is 374. The largest absolute Gasteiger partial charge is 0.353 e. The number of likely N-dealkylation sites (tertiary alicyclic amines) is 1. The summed E-state index contributed by atoms with van der Waals surface area (Å²) in [6.07, 6.45) is 7.69. The first-order valence-corrected chi connectivity index (χ1v) is 7.41. The standard InChI is InChI=1S/C15H26N4/c1-12(2)11-19-7-5-4-6-14(19)10-18-15-16-8-13(3)9-17-15/h8-9,12,14H,4-7,10-11H2,1-3H3,(H,16,17,18). The van der Waals surface area contributed by atoms with E-state index < -0.39 is 0 Å². The molecular formula is C15H26N4. The Hall–Kier alpha value is -1.16. The first-order valence-electron chi connectivity index (χ1n) is 7.41. The maximum Gasteiger partial charge on any atom is 0.222 e. The molecule has 2 rings (SSSR count). The molecule has 106 valence electrons. The predicted octanol–water partition coefficient (Wildman–Crippen LogP) is 2.71. The lowest BCUT2D eigenvalue weighted by molar-refractivity contribution is 0.139. The van der Waals surface area contributed by atoms with Crippen molar-refractivity contribution >= 4 is 5.95 Å². The molecule has 1 aliphatic rings. The average molecular weight is 262 g/mol. The smallest absolute Gasteiger partial charge is 0.222 e. The van der Waals surface area contributed by atoms with Crippen molar-refractivity contribution in [3.05, 3.63) is 18.0 Å². The van der Waals surface area contributed by atoms with Crippen LogP contribution in [0.25, 0.3) is 0 Å². The van der Waals surface area contributed by atoms with Crippen molar-refractivity contribution in [1.82, 2.24) is 14.9 Å². The molecule has 1 aromatic rings. The van der Waals surface area contributed by atoms with Gasteiger partial charge in [-0.25, -0.2) is 9.97 Å². The van der Waals surface area contributed by atoms with Crippen LogP contribution in [-0.2, 0) is 0 Å². The van der Waals surface area contributed by atoms with Crippen molar-refractivity contribution in [2.75, 3.05) is 25.0 Å². The number of aromatic nitrogens is 2. The van der Waals surface area contributed by atoms with E-state index in [4.69, 9.17) is 0 Å². The third-order valence-electron chi connectivity index (χ3n) is 3.63. The third kappa shape index (κ3) is 4.46. The molecule has 1 aliphatic heterocycles. The van der Waals surface area contributed by atoms with E-state index in [1.807, 2.05) is 19.3 Å². The Labute approximate surface area is 116 Å². The number of hydrogen-bond donors (Lipinski definition) is 1. The first-order chi connectivity index (χ1) is 9.15. The number of nitrogens with one attached hydrogen (secondary N) is 1. The Morgan fingerprint density at radius 2 is 2.05 bits per heavy atom. The van der Waals surface area contributed by atoms with Gasteiger partial charge in [-0.15, -0.1) is 0 Å². The summed E-state index contributed by atoms with van der Waals surface area (Å²) < 4.78 is 0. The highest BCUT2D eigenvalue weighted by Gasteiger charge is 2.22. The number of hydrogen-bond acceptors (Lipinski definition) is 4. The van der Waals surface area contributed by atoms with Gasteiger partial charge in [0.2, 0.25) is 5.95 Å². The Morgan fingerprint density at radius 1 is 1.32 bits per heavy atom. The molecule has 0 saturated carbocycles. The molecule has 1 unspecified atom stereocenters. The fraction of sp³-hybridized carbons (Fsp3) is 0.733. The molecule has 4 heteroatoms. The summed E-state index contributed by atoms with van der Waals surface area (Å²) in [6, 6.07) is 0.626. The normalized spacial score (nSPS) is 20.7. The van der Waals surface area contributed by atoms with Crippen molar-refractivity contribution in [2.24, 2.45) is 5.92 Å². The minimum absolute atomic E-state index is 0.626. The highest BCUT2D eigenvalue weighted by atomic mass is 15.2. The molecule has 0 radical (unpaired) electrons. The fourth-order valence-electron chi connectivity index (χ4n) is 2.69. The Balaban J connectivity index is 1.87. The zero-order valence-corrected chi connectivity index (χ0v) is 12.4. The monoisotopic (exact) mass is 262 g/mol. The van der Waals surface area contributed by atoms with Crippen LogP contribution in [0.1, 0.15) is 38.7 Å². The Kier molecular flexibility index (Phi) is 5.14. The van der Waals surface area contributed by atoms with Crippen molar-refractivity contribution in [3.63, 3.8) is 0 Å². The molecule has 0 aliphatic carbocycles. The minimum Gasteiger partial charge on any atom is -0.353 e. The van der Waals surface area contributed by atoms with Gasteiger partial charge in [0, 0.05) is 31.5 Å². The van der Waals surface area contributed by atoms with E-state index in [9.17, 15) is 0 Å². The summed E-state index contributed by atoms with van der Waals surface area (Å²) in [6.45, 7) is 9.98. The number of rotatable bonds is 5. The maximum absolute atomic E-state index is 4.31. The van der Waals surface area contributed by atoms with Gasteiger partial charge in [0.05, 0.1) is 0 Å².